The molecule has 2 heterocycles. The number of esters is 1. The molecule has 0 spiro atoms. The molecule has 1 saturated heterocycles. The van der Waals surface area contributed by atoms with Crippen molar-refractivity contribution in [3.8, 4) is 0 Å². The number of hydrogen-bond donors (Lipinski definition) is 1. The Morgan fingerprint density at radius 1 is 1.31 bits per heavy atom. The average molecular weight is 413 g/mol. The van der Waals surface area contributed by atoms with Gasteiger partial charge in [0.25, 0.3) is 0 Å². The second-order valence-corrected chi connectivity index (χ2v) is 6.91. The number of ether oxygens (including phenoxy) is 1. The number of hydrogen-bond acceptors (Lipinski definition) is 6. The lowest BCUT2D eigenvalue weighted by molar-refractivity contribution is -0.931. The number of alkyl halides is 3. The van der Waals surface area contributed by atoms with Crippen LogP contribution in [0.4, 0.5) is 18.9 Å². The summed E-state index contributed by atoms with van der Waals surface area (Å²) >= 11 is 0. The molecule has 0 aliphatic carbocycles. The largest absolute Gasteiger partial charge is 0.465 e. The van der Waals surface area contributed by atoms with E-state index in [2.05, 4.69) is 15.5 Å². The van der Waals surface area contributed by atoms with E-state index in [9.17, 15) is 18.0 Å². The molecule has 1 aromatic carbocycles. The van der Waals surface area contributed by atoms with Gasteiger partial charge in [0.05, 0.1) is 38.3 Å². The van der Waals surface area contributed by atoms with E-state index < -0.39 is 17.7 Å². The van der Waals surface area contributed by atoms with Crippen molar-refractivity contribution in [1.29, 1.82) is 0 Å². The van der Waals surface area contributed by atoms with Crippen LogP contribution >= 0.6 is 0 Å². The van der Waals surface area contributed by atoms with E-state index in [0.29, 0.717) is 37.7 Å². The maximum Gasteiger partial charge on any atom is 0.416 e. The Labute approximate surface area is 166 Å². The summed E-state index contributed by atoms with van der Waals surface area (Å²) in [7, 11) is 0. The lowest BCUT2D eigenvalue weighted by Gasteiger charge is -2.36. The minimum absolute atomic E-state index is 0.0514. The van der Waals surface area contributed by atoms with Crippen LogP contribution in [0.1, 0.15) is 31.3 Å². The topological polar surface area (TPSA) is 77.6 Å². The minimum atomic E-state index is -4.35. The van der Waals surface area contributed by atoms with Crippen molar-refractivity contribution in [2.45, 2.75) is 32.6 Å². The van der Waals surface area contributed by atoms with Crippen LogP contribution in [0.5, 0.6) is 0 Å². The zero-order chi connectivity index (χ0) is 21.0. The van der Waals surface area contributed by atoms with Gasteiger partial charge in [0.15, 0.2) is 0 Å². The molecule has 1 atom stereocenters. The van der Waals surface area contributed by atoms with E-state index in [-0.39, 0.29) is 19.2 Å². The molecule has 11 heteroatoms. The van der Waals surface area contributed by atoms with Crippen LogP contribution in [0, 0.1) is 0 Å². The predicted octanol–water partition coefficient (Wildman–Crippen LogP) is 0.721. The average Bonchev–Trinajstić information content (AvgIpc) is 3.15. The van der Waals surface area contributed by atoms with Crippen molar-refractivity contribution in [1.82, 2.24) is 20.2 Å². The molecule has 29 heavy (non-hydrogen) atoms. The predicted molar refractivity (Wildman–Crippen MR) is 97.2 cm³/mol. The molecular formula is C18H24F3N6O2+. The Bertz CT molecular complexity index is 833. The Hall–Kier alpha value is -2.69. The van der Waals surface area contributed by atoms with Crippen LogP contribution in [0.15, 0.2) is 24.3 Å². The fraction of sp³-hybridized carbons (Fsp3) is 0.556. The number of nitrogens with zero attached hydrogens (tertiary/aromatic N) is 5. The van der Waals surface area contributed by atoms with Crippen molar-refractivity contribution in [3.05, 3.63) is 35.7 Å². The highest BCUT2D eigenvalue weighted by Crippen LogP contribution is 2.31. The molecule has 1 aliphatic heterocycles. The van der Waals surface area contributed by atoms with E-state index in [1.807, 2.05) is 11.8 Å². The molecule has 8 nitrogen and oxygen atoms in total. The van der Waals surface area contributed by atoms with Crippen molar-refractivity contribution < 1.29 is 27.6 Å². The monoisotopic (exact) mass is 413 g/mol. The standard InChI is InChI=1S/C18H23F3N6O2/c1-3-29-16(28)12-27-17(22-23-24-27)13(2)25-7-9-26(10-8-25)15-6-4-5-14(11-15)18(19,20)21/h4-6,11,13H,3,7-10,12H2,1-2H3/p+1/t13-/m1/s1. The number of benzene rings is 1. The first kappa shape index (κ1) is 21.0. The molecule has 1 aliphatic rings. The van der Waals surface area contributed by atoms with Crippen molar-refractivity contribution in [2.75, 3.05) is 37.7 Å². The second kappa shape index (κ2) is 8.76. The summed E-state index contributed by atoms with van der Waals surface area (Å²) in [5.74, 6) is 0.179. The first-order chi connectivity index (χ1) is 13.8. The molecule has 158 valence electrons. The first-order valence-electron chi connectivity index (χ1n) is 9.48. The van der Waals surface area contributed by atoms with E-state index in [4.69, 9.17) is 4.74 Å². The third-order valence-electron chi connectivity index (χ3n) is 5.09. The van der Waals surface area contributed by atoms with Gasteiger partial charge < -0.3 is 14.5 Å². The number of nitrogens with one attached hydrogen (secondary N) is 1. The lowest BCUT2D eigenvalue weighted by atomic mass is 10.1. The van der Waals surface area contributed by atoms with Gasteiger partial charge >= 0.3 is 12.1 Å². The van der Waals surface area contributed by atoms with Gasteiger partial charge in [-0.3, -0.25) is 4.79 Å². The highest BCUT2D eigenvalue weighted by molar-refractivity contribution is 5.69. The molecule has 0 unspecified atom stereocenters. The summed E-state index contributed by atoms with van der Waals surface area (Å²) < 4.78 is 45.3. The number of halogens is 3. The van der Waals surface area contributed by atoms with Gasteiger partial charge in [0.2, 0.25) is 5.82 Å². The van der Waals surface area contributed by atoms with E-state index in [1.165, 1.54) is 21.7 Å². The number of carbonyl (C=O) groups excluding carboxylic acids is 1. The fourth-order valence-electron chi connectivity index (χ4n) is 3.51. The van der Waals surface area contributed by atoms with Crippen LogP contribution in [-0.4, -0.2) is 59.0 Å². The normalized spacial score (nSPS) is 16.7. The Morgan fingerprint density at radius 2 is 2.03 bits per heavy atom. The van der Waals surface area contributed by atoms with Crippen LogP contribution in [-0.2, 0) is 22.3 Å². The van der Waals surface area contributed by atoms with Crippen molar-refractivity contribution >= 4 is 11.7 Å². The SMILES string of the molecule is CCOC(=O)Cn1nnnc1[C@@H](C)[NH+]1CCN(c2cccc(C(F)(F)F)c2)CC1. The van der Waals surface area contributed by atoms with E-state index in [1.54, 1.807) is 13.0 Å². The van der Waals surface area contributed by atoms with Gasteiger partial charge in [-0.1, -0.05) is 6.07 Å². The van der Waals surface area contributed by atoms with Crippen molar-refractivity contribution in [2.24, 2.45) is 0 Å². The summed E-state index contributed by atoms with van der Waals surface area (Å²) in [6.07, 6.45) is -4.35. The lowest BCUT2D eigenvalue weighted by Crippen LogP contribution is -3.14. The second-order valence-electron chi connectivity index (χ2n) is 6.91. The Morgan fingerprint density at radius 3 is 2.69 bits per heavy atom. The number of carbonyl (C=O) groups is 1. The Balaban J connectivity index is 1.63. The highest BCUT2D eigenvalue weighted by Gasteiger charge is 2.33. The van der Waals surface area contributed by atoms with E-state index in [0.717, 1.165) is 6.07 Å². The van der Waals surface area contributed by atoms with Crippen LogP contribution < -0.4 is 9.80 Å². The van der Waals surface area contributed by atoms with Crippen LogP contribution in [0.3, 0.4) is 0 Å². The maximum absolute atomic E-state index is 13.0. The molecule has 0 amide bonds. The maximum atomic E-state index is 13.0. The molecule has 1 fully saturated rings. The number of aromatic nitrogens is 4. The number of rotatable bonds is 6. The summed E-state index contributed by atoms with van der Waals surface area (Å²) in [5.41, 5.74) is -0.0741. The van der Waals surface area contributed by atoms with Gasteiger partial charge in [-0.2, -0.15) is 13.2 Å². The minimum Gasteiger partial charge on any atom is -0.465 e. The molecule has 0 saturated carbocycles. The molecule has 2 aromatic rings. The van der Waals surface area contributed by atoms with Gasteiger partial charge in [0, 0.05) is 5.69 Å². The number of anilines is 1. The van der Waals surface area contributed by atoms with Gasteiger partial charge in [0.1, 0.15) is 12.6 Å². The zero-order valence-electron chi connectivity index (χ0n) is 16.3. The zero-order valence-corrected chi connectivity index (χ0v) is 16.3. The molecule has 0 radical (unpaired) electrons. The summed E-state index contributed by atoms with van der Waals surface area (Å²) in [6, 6.07) is 5.33. The van der Waals surface area contributed by atoms with Gasteiger partial charge in [-0.25, -0.2) is 4.68 Å². The fourth-order valence-corrected chi connectivity index (χ4v) is 3.51. The number of tetrazole rings is 1. The van der Waals surface area contributed by atoms with E-state index >= 15 is 0 Å². The molecule has 1 aromatic heterocycles. The summed E-state index contributed by atoms with van der Waals surface area (Å²) in [5, 5.41) is 11.6. The third-order valence-corrected chi connectivity index (χ3v) is 5.09. The number of quaternary nitrogens is 1. The smallest absolute Gasteiger partial charge is 0.416 e. The quantitative estimate of drug-likeness (QED) is 0.704. The summed E-state index contributed by atoms with van der Waals surface area (Å²) in [4.78, 5) is 14.9. The molecule has 3 rings (SSSR count). The number of piperazine rings is 1. The van der Waals surface area contributed by atoms with Gasteiger partial charge in [-0.05, 0) is 42.5 Å². The molecular weight excluding hydrogens is 389 g/mol. The molecule has 1 N–H and O–H groups in total. The third kappa shape index (κ3) is 5.03. The van der Waals surface area contributed by atoms with Crippen LogP contribution in [0.2, 0.25) is 0 Å². The van der Waals surface area contributed by atoms with Crippen LogP contribution in [0.25, 0.3) is 0 Å². The summed E-state index contributed by atoms with van der Waals surface area (Å²) in [6.45, 7) is 6.59. The highest BCUT2D eigenvalue weighted by atomic mass is 19.4. The first-order valence-corrected chi connectivity index (χ1v) is 9.48. The van der Waals surface area contributed by atoms with Gasteiger partial charge in [-0.15, -0.1) is 5.10 Å². The Kier molecular flexibility index (Phi) is 6.36. The molecule has 0 bridgehead atoms. The van der Waals surface area contributed by atoms with Crippen molar-refractivity contribution in [3.63, 3.8) is 0 Å².